The largest absolute Gasteiger partial charge is 0.312 e. The average molecular weight is 355 g/mol. The van der Waals surface area contributed by atoms with Crippen LogP contribution in [0.3, 0.4) is 0 Å². The van der Waals surface area contributed by atoms with Crippen LogP contribution in [-0.2, 0) is 0 Å². The minimum Gasteiger partial charge on any atom is -0.312 e. The summed E-state index contributed by atoms with van der Waals surface area (Å²) in [4.78, 5) is 2.53. The molecule has 0 saturated carbocycles. The molecular weight excluding hydrogens is 331 g/mol. The highest BCUT2D eigenvalue weighted by Crippen LogP contribution is 2.33. The first-order valence-corrected chi connectivity index (χ1v) is 8.90. The van der Waals surface area contributed by atoms with E-state index >= 15 is 0 Å². The van der Waals surface area contributed by atoms with E-state index in [1.807, 2.05) is 6.07 Å². The lowest BCUT2D eigenvalue weighted by atomic mass is 9.91. The Morgan fingerprint density at radius 3 is 2.90 bits per heavy atom. The molecule has 1 aromatic carbocycles. The monoisotopic (exact) mass is 354 g/mol. The molecule has 3 atom stereocenters. The number of likely N-dealkylation sites (tertiary alicyclic amines) is 1. The third kappa shape index (κ3) is 3.33. The van der Waals surface area contributed by atoms with Crippen LogP contribution < -0.4 is 5.32 Å². The topological polar surface area (TPSA) is 15.3 Å². The van der Waals surface area contributed by atoms with Crippen LogP contribution in [0.2, 0.25) is 0 Å². The van der Waals surface area contributed by atoms with Gasteiger partial charge in [-0.1, -0.05) is 22.4 Å². The molecule has 0 spiro atoms. The lowest BCUT2D eigenvalue weighted by molar-refractivity contribution is 0.0787. The summed E-state index contributed by atoms with van der Waals surface area (Å²) < 4.78 is 15.2. The number of rotatable bonds is 3. The van der Waals surface area contributed by atoms with Gasteiger partial charge < -0.3 is 5.32 Å². The van der Waals surface area contributed by atoms with Crippen molar-refractivity contribution in [1.82, 2.24) is 10.2 Å². The van der Waals surface area contributed by atoms with E-state index in [9.17, 15) is 4.39 Å². The van der Waals surface area contributed by atoms with Crippen LogP contribution in [0.15, 0.2) is 22.7 Å². The van der Waals surface area contributed by atoms with Crippen molar-refractivity contribution in [3.05, 3.63) is 34.1 Å². The van der Waals surface area contributed by atoms with Gasteiger partial charge in [0.05, 0.1) is 0 Å². The Morgan fingerprint density at radius 2 is 2.14 bits per heavy atom. The first kappa shape index (κ1) is 15.4. The maximum Gasteiger partial charge on any atom is 0.128 e. The van der Waals surface area contributed by atoms with Gasteiger partial charge in [0.15, 0.2) is 0 Å². The second-order valence-electron chi connectivity index (χ2n) is 6.35. The van der Waals surface area contributed by atoms with Gasteiger partial charge >= 0.3 is 0 Å². The molecule has 0 aromatic heterocycles. The Labute approximate surface area is 135 Å². The highest BCUT2D eigenvalue weighted by atomic mass is 79.9. The zero-order valence-electron chi connectivity index (χ0n) is 12.6. The van der Waals surface area contributed by atoms with Crippen molar-refractivity contribution in [3.8, 4) is 0 Å². The minimum atomic E-state index is -0.0885. The predicted octanol–water partition coefficient (Wildman–Crippen LogP) is 4.26. The van der Waals surface area contributed by atoms with Crippen LogP contribution in [0, 0.1) is 5.82 Å². The Balaban J connectivity index is 1.83. The molecule has 4 heteroatoms. The van der Waals surface area contributed by atoms with Crippen LogP contribution >= 0.6 is 15.9 Å². The van der Waals surface area contributed by atoms with Crippen LogP contribution in [0.4, 0.5) is 4.39 Å². The highest BCUT2D eigenvalue weighted by molar-refractivity contribution is 9.10. The van der Waals surface area contributed by atoms with Crippen molar-refractivity contribution in [2.24, 2.45) is 0 Å². The zero-order chi connectivity index (χ0) is 14.8. The molecule has 3 rings (SSSR count). The molecule has 3 unspecified atom stereocenters. The van der Waals surface area contributed by atoms with Crippen LogP contribution in [0.25, 0.3) is 0 Å². The first-order chi connectivity index (χ1) is 10.2. The second kappa shape index (κ2) is 6.76. The summed E-state index contributed by atoms with van der Waals surface area (Å²) in [7, 11) is 0. The third-order valence-corrected chi connectivity index (χ3v) is 5.55. The summed E-state index contributed by atoms with van der Waals surface area (Å²) >= 11 is 3.47. The normalized spacial score (nSPS) is 28.7. The molecule has 2 aliphatic rings. The number of nitrogens with zero attached hydrogens (tertiary/aromatic N) is 1. The molecule has 0 aliphatic carbocycles. The molecule has 0 radical (unpaired) electrons. The SMILES string of the molecule is CC(c1cc(Br)ccc1F)N1CCCCC1C1CCCN1. The van der Waals surface area contributed by atoms with E-state index in [2.05, 4.69) is 33.1 Å². The third-order valence-electron chi connectivity index (χ3n) is 5.06. The molecule has 0 amide bonds. The number of piperidine rings is 1. The molecule has 1 N–H and O–H groups in total. The average Bonchev–Trinajstić information content (AvgIpc) is 3.03. The lowest BCUT2D eigenvalue weighted by Crippen LogP contribution is -2.51. The fourth-order valence-corrected chi connectivity index (χ4v) is 4.32. The number of nitrogens with one attached hydrogen (secondary N) is 1. The van der Waals surface area contributed by atoms with Crippen molar-refractivity contribution >= 4 is 15.9 Å². The molecule has 2 saturated heterocycles. The van der Waals surface area contributed by atoms with E-state index < -0.39 is 0 Å². The molecule has 1 aromatic rings. The fraction of sp³-hybridized carbons (Fsp3) is 0.647. The number of halogens is 2. The summed E-state index contributed by atoms with van der Waals surface area (Å²) in [6.45, 7) is 4.36. The van der Waals surface area contributed by atoms with Gasteiger partial charge in [-0.25, -0.2) is 4.39 Å². The molecule has 2 nitrogen and oxygen atoms in total. The fourth-order valence-electron chi connectivity index (χ4n) is 3.95. The Hall–Kier alpha value is -0.450. The minimum absolute atomic E-state index is 0.0885. The predicted molar refractivity (Wildman–Crippen MR) is 87.9 cm³/mol. The van der Waals surface area contributed by atoms with Gasteiger partial charge in [-0.15, -0.1) is 0 Å². The molecule has 116 valence electrons. The van der Waals surface area contributed by atoms with E-state index in [4.69, 9.17) is 0 Å². The molecule has 21 heavy (non-hydrogen) atoms. The van der Waals surface area contributed by atoms with E-state index in [-0.39, 0.29) is 11.9 Å². The van der Waals surface area contributed by atoms with E-state index in [0.717, 1.165) is 23.1 Å². The van der Waals surface area contributed by atoms with Crippen molar-refractivity contribution < 1.29 is 4.39 Å². The number of hydrogen-bond donors (Lipinski definition) is 1. The molecule has 2 aliphatic heterocycles. The van der Waals surface area contributed by atoms with Crippen LogP contribution in [0.1, 0.15) is 50.6 Å². The molecule has 2 heterocycles. The summed E-state index contributed by atoms with van der Waals surface area (Å²) in [6.07, 6.45) is 6.29. The van der Waals surface area contributed by atoms with Crippen molar-refractivity contribution in [2.45, 2.75) is 57.2 Å². The lowest BCUT2D eigenvalue weighted by Gasteiger charge is -2.43. The number of benzene rings is 1. The highest BCUT2D eigenvalue weighted by Gasteiger charge is 2.34. The van der Waals surface area contributed by atoms with Gasteiger partial charge in [0.25, 0.3) is 0 Å². The zero-order valence-corrected chi connectivity index (χ0v) is 14.2. The summed E-state index contributed by atoms with van der Waals surface area (Å²) in [5.41, 5.74) is 0.814. The van der Waals surface area contributed by atoms with Crippen molar-refractivity contribution in [2.75, 3.05) is 13.1 Å². The van der Waals surface area contributed by atoms with E-state index in [0.29, 0.717) is 12.1 Å². The van der Waals surface area contributed by atoms with Crippen LogP contribution in [0.5, 0.6) is 0 Å². The van der Waals surface area contributed by atoms with Gasteiger partial charge in [-0.2, -0.15) is 0 Å². The quantitative estimate of drug-likeness (QED) is 0.872. The van der Waals surface area contributed by atoms with Crippen molar-refractivity contribution in [3.63, 3.8) is 0 Å². The maximum atomic E-state index is 14.2. The summed E-state index contributed by atoms with van der Waals surface area (Å²) in [5.74, 6) is -0.0885. The van der Waals surface area contributed by atoms with Crippen molar-refractivity contribution in [1.29, 1.82) is 0 Å². The van der Waals surface area contributed by atoms with Gasteiger partial charge in [-0.3, -0.25) is 4.90 Å². The summed E-state index contributed by atoms with van der Waals surface area (Å²) in [5, 5.41) is 3.64. The van der Waals surface area contributed by atoms with E-state index in [1.54, 1.807) is 12.1 Å². The molecule has 0 bridgehead atoms. The summed E-state index contributed by atoms with van der Waals surface area (Å²) in [6, 6.07) is 6.56. The number of hydrogen-bond acceptors (Lipinski definition) is 2. The Kier molecular flexibility index (Phi) is 4.97. The molecular formula is C17H24BrFN2. The maximum absolute atomic E-state index is 14.2. The first-order valence-electron chi connectivity index (χ1n) is 8.11. The smallest absolute Gasteiger partial charge is 0.128 e. The molecule has 2 fully saturated rings. The van der Waals surface area contributed by atoms with Gasteiger partial charge in [0.2, 0.25) is 0 Å². The Bertz CT molecular complexity index is 488. The van der Waals surface area contributed by atoms with Crippen LogP contribution in [-0.4, -0.2) is 30.1 Å². The standard InChI is InChI=1S/C17H24BrFN2/c1-12(14-11-13(18)7-8-15(14)19)21-10-3-2-6-17(21)16-5-4-9-20-16/h7-8,11-12,16-17,20H,2-6,9-10H2,1H3. The Morgan fingerprint density at radius 1 is 1.29 bits per heavy atom. The van der Waals surface area contributed by atoms with Gasteiger partial charge in [-0.05, 0) is 63.9 Å². The second-order valence-corrected chi connectivity index (χ2v) is 7.26. The van der Waals surface area contributed by atoms with E-state index in [1.165, 1.54) is 32.1 Å². The van der Waals surface area contributed by atoms with Gasteiger partial charge in [0, 0.05) is 28.2 Å². The van der Waals surface area contributed by atoms with Gasteiger partial charge in [0.1, 0.15) is 5.82 Å².